The number of thiazole rings is 1. The van der Waals surface area contributed by atoms with Gasteiger partial charge in [0.1, 0.15) is 5.75 Å². The maximum Gasteiger partial charge on any atom is 0.338 e. The number of allylic oxidation sites excluding steroid dienone is 1. The van der Waals surface area contributed by atoms with Gasteiger partial charge in [-0.15, -0.1) is 0 Å². The van der Waals surface area contributed by atoms with Gasteiger partial charge in [-0.2, -0.15) is 0 Å². The first-order chi connectivity index (χ1) is 15.4. The molecule has 2 aromatic heterocycles. The highest BCUT2D eigenvalue weighted by Gasteiger charge is 2.33. The topological polar surface area (TPSA) is 82.8 Å². The van der Waals surface area contributed by atoms with Gasteiger partial charge in [0.15, 0.2) is 4.80 Å². The van der Waals surface area contributed by atoms with Crippen molar-refractivity contribution in [2.75, 3.05) is 7.11 Å². The van der Waals surface area contributed by atoms with Crippen LogP contribution in [0.25, 0.3) is 6.08 Å². The summed E-state index contributed by atoms with van der Waals surface area (Å²) in [7, 11) is 1.59. The van der Waals surface area contributed by atoms with Crippen LogP contribution in [0.1, 0.15) is 37.9 Å². The molecule has 1 atom stereocenters. The molecule has 0 N–H and O–H groups in total. The summed E-state index contributed by atoms with van der Waals surface area (Å²) >= 11 is 1.28. The van der Waals surface area contributed by atoms with Crippen LogP contribution in [-0.4, -0.2) is 28.7 Å². The second-order valence-electron chi connectivity index (χ2n) is 7.60. The van der Waals surface area contributed by atoms with Crippen LogP contribution in [0.2, 0.25) is 0 Å². The van der Waals surface area contributed by atoms with Gasteiger partial charge >= 0.3 is 5.97 Å². The molecule has 0 unspecified atom stereocenters. The first-order valence-corrected chi connectivity index (χ1v) is 11.0. The molecule has 0 saturated heterocycles. The minimum Gasteiger partial charge on any atom is -0.497 e. The van der Waals surface area contributed by atoms with Gasteiger partial charge in [-0.25, -0.2) is 9.79 Å². The molecule has 8 heteroatoms. The first kappa shape index (κ1) is 21.7. The number of carbonyl (C=O) groups is 1. The number of ether oxygens (including phenoxy) is 2. The van der Waals surface area contributed by atoms with E-state index in [4.69, 9.17) is 9.47 Å². The third-order valence-electron chi connectivity index (χ3n) is 5.00. The van der Waals surface area contributed by atoms with Crippen molar-refractivity contribution in [1.82, 2.24) is 9.55 Å². The molecule has 1 aliphatic rings. The predicted octanol–water partition coefficient (Wildman–Crippen LogP) is 2.59. The van der Waals surface area contributed by atoms with Crippen molar-refractivity contribution in [1.29, 1.82) is 0 Å². The number of hydrogen-bond donors (Lipinski definition) is 0. The highest BCUT2D eigenvalue weighted by atomic mass is 32.1. The Balaban J connectivity index is 1.94. The van der Waals surface area contributed by atoms with Crippen molar-refractivity contribution in [2.24, 2.45) is 4.99 Å². The number of fused-ring (bicyclic) bond motifs is 1. The van der Waals surface area contributed by atoms with E-state index >= 15 is 0 Å². The van der Waals surface area contributed by atoms with Crippen molar-refractivity contribution in [3.05, 3.63) is 90.9 Å². The van der Waals surface area contributed by atoms with Crippen molar-refractivity contribution in [3.8, 4) is 5.75 Å². The number of pyridine rings is 1. The molecule has 3 aromatic rings. The molecule has 0 radical (unpaired) electrons. The fraction of sp³-hybridized carbons (Fsp3) is 0.250. The number of rotatable bonds is 5. The molecule has 164 valence electrons. The summed E-state index contributed by atoms with van der Waals surface area (Å²) in [6.07, 6.45) is 4.86. The quantitative estimate of drug-likeness (QED) is 0.559. The summed E-state index contributed by atoms with van der Waals surface area (Å²) in [4.78, 5) is 35.8. The lowest BCUT2D eigenvalue weighted by atomic mass is 9.96. The number of benzene rings is 1. The fourth-order valence-corrected chi connectivity index (χ4v) is 4.62. The Labute approximate surface area is 189 Å². The minimum atomic E-state index is -0.653. The summed E-state index contributed by atoms with van der Waals surface area (Å²) < 4.78 is 12.9. The number of carbonyl (C=O) groups excluding carboxylic acids is 1. The van der Waals surface area contributed by atoms with E-state index in [-0.39, 0.29) is 11.7 Å². The van der Waals surface area contributed by atoms with Crippen LogP contribution in [0.3, 0.4) is 0 Å². The summed E-state index contributed by atoms with van der Waals surface area (Å²) in [5.74, 6) is 0.202. The lowest BCUT2D eigenvalue weighted by Crippen LogP contribution is -2.40. The molecule has 0 bridgehead atoms. The van der Waals surface area contributed by atoms with Crippen LogP contribution in [0.15, 0.2) is 69.8 Å². The van der Waals surface area contributed by atoms with E-state index in [0.29, 0.717) is 26.4 Å². The Hall–Kier alpha value is -3.52. The SMILES string of the molecule is COc1ccc([C@H]2C(C(=O)OC(C)C)=C(C)N=c3s/c(=C\c4cccnc4)c(=O)n32)cc1. The molecule has 7 nitrogen and oxygen atoms in total. The second-order valence-corrected chi connectivity index (χ2v) is 8.60. The van der Waals surface area contributed by atoms with Crippen LogP contribution in [0.4, 0.5) is 0 Å². The van der Waals surface area contributed by atoms with Crippen molar-refractivity contribution >= 4 is 23.4 Å². The van der Waals surface area contributed by atoms with Gasteiger partial charge < -0.3 is 9.47 Å². The molecule has 1 aliphatic heterocycles. The zero-order valence-corrected chi connectivity index (χ0v) is 19.1. The Morgan fingerprint density at radius 2 is 1.97 bits per heavy atom. The average Bonchev–Trinajstić information content (AvgIpc) is 3.07. The Morgan fingerprint density at radius 3 is 2.59 bits per heavy atom. The molecule has 0 spiro atoms. The van der Waals surface area contributed by atoms with Crippen LogP contribution in [-0.2, 0) is 9.53 Å². The fourth-order valence-electron chi connectivity index (χ4n) is 3.57. The van der Waals surface area contributed by atoms with E-state index in [9.17, 15) is 9.59 Å². The van der Waals surface area contributed by atoms with E-state index in [1.165, 1.54) is 11.3 Å². The summed E-state index contributed by atoms with van der Waals surface area (Å²) in [5, 5.41) is 0. The molecule has 4 rings (SSSR count). The normalized spacial score (nSPS) is 16.0. The van der Waals surface area contributed by atoms with Gasteiger partial charge in [-0.05, 0) is 56.2 Å². The maximum atomic E-state index is 13.5. The maximum absolute atomic E-state index is 13.5. The van der Waals surface area contributed by atoms with Gasteiger partial charge in [-0.3, -0.25) is 14.3 Å². The van der Waals surface area contributed by atoms with Gasteiger partial charge in [-0.1, -0.05) is 29.5 Å². The van der Waals surface area contributed by atoms with E-state index in [1.807, 2.05) is 36.4 Å². The summed E-state index contributed by atoms with van der Waals surface area (Å²) in [5.41, 5.74) is 2.24. The van der Waals surface area contributed by atoms with Gasteiger partial charge in [0.05, 0.1) is 35.1 Å². The number of aromatic nitrogens is 2. The molecule has 1 aromatic carbocycles. The average molecular weight is 450 g/mol. The van der Waals surface area contributed by atoms with Crippen molar-refractivity contribution in [2.45, 2.75) is 32.9 Å². The smallest absolute Gasteiger partial charge is 0.338 e. The van der Waals surface area contributed by atoms with E-state index < -0.39 is 12.0 Å². The largest absolute Gasteiger partial charge is 0.497 e. The molecular weight excluding hydrogens is 426 g/mol. The van der Waals surface area contributed by atoms with Crippen molar-refractivity contribution in [3.63, 3.8) is 0 Å². The van der Waals surface area contributed by atoms with Gasteiger partial charge in [0.2, 0.25) is 0 Å². The van der Waals surface area contributed by atoms with Crippen LogP contribution in [0.5, 0.6) is 5.75 Å². The molecule has 0 fully saturated rings. The Morgan fingerprint density at radius 1 is 1.22 bits per heavy atom. The number of hydrogen-bond acceptors (Lipinski definition) is 7. The number of nitrogens with zero attached hydrogens (tertiary/aromatic N) is 3. The Bertz CT molecular complexity index is 1350. The predicted molar refractivity (Wildman–Crippen MR) is 122 cm³/mol. The Kier molecular flexibility index (Phi) is 6.05. The van der Waals surface area contributed by atoms with Crippen LogP contribution in [0, 0.1) is 0 Å². The first-order valence-electron chi connectivity index (χ1n) is 10.2. The number of methoxy groups -OCH3 is 1. The summed E-state index contributed by atoms with van der Waals surface area (Å²) in [6.45, 7) is 5.35. The van der Waals surface area contributed by atoms with Crippen LogP contribution < -0.4 is 19.6 Å². The van der Waals surface area contributed by atoms with Gasteiger partial charge in [0.25, 0.3) is 5.56 Å². The van der Waals surface area contributed by atoms with E-state index in [1.54, 1.807) is 50.9 Å². The molecule has 32 heavy (non-hydrogen) atoms. The molecule has 3 heterocycles. The zero-order chi connectivity index (χ0) is 22.8. The monoisotopic (exact) mass is 449 g/mol. The lowest BCUT2D eigenvalue weighted by Gasteiger charge is -2.25. The van der Waals surface area contributed by atoms with E-state index in [0.717, 1.165) is 11.1 Å². The molecule has 0 aliphatic carbocycles. The lowest BCUT2D eigenvalue weighted by molar-refractivity contribution is -0.143. The highest BCUT2D eigenvalue weighted by molar-refractivity contribution is 7.07. The third kappa shape index (κ3) is 4.13. The molecule has 0 saturated carbocycles. The van der Waals surface area contributed by atoms with Crippen LogP contribution >= 0.6 is 11.3 Å². The standard InChI is InChI=1S/C24H23N3O4S/c1-14(2)31-23(29)20-15(3)26-24-27(21(20)17-7-9-18(30-4)10-8-17)22(28)19(32-24)12-16-6-5-11-25-13-16/h5-14,21H,1-4H3/b19-12-/t21-/m0/s1. The molecular formula is C24H23N3O4S. The van der Waals surface area contributed by atoms with E-state index in [2.05, 4.69) is 9.98 Å². The zero-order valence-electron chi connectivity index (χ0n) is 18.2. The third-order valence-corrected chi connectivity index (χ3v) is 5.98. The van der Waals surface area contributed by atoms with Crippen molar-refractivity contribution < 1.29 is 14.3 Å². The summed E-state index contributed by atoms with van der Waals surface area (Å²) in [6, 6.07) is 10.4. The second kappa shape index (κ2) is 8.92. The minimum absolute atomic E-state index is 0.222. The molecule has 0 amide bonds. The van der Waals surface area contributed by atoms with Gasteiger partial charge in [0, 0.05) is 12.4 Å². The number of esters is 1. The highest BCUT2D eigenvalue weighted by Crippen LogP contribution is 2.31.